The van der Waals surface area contributed by atoms with Gasteiger partial charge in [-0.3, -0.25) is 0 Å². The molecule has 0 spiro atoms. The Bertz CT molecular complexity index is 370. The van der Waals surface area contributed by atoms with E-state index in [-0.39, 0.29) is 27.0 Å². The zero-order chi connectivity index (χ0) is 11.6. The van der Waals surface area contributed by atoms with Crippen molar-refractivity contribution >= 4 is 40.8 Å². The molecule has 0 saturated carbocycles. The maximum Gasteiger partial charge on any atom is 0.357 e. The van der Waals surface area contributed by atoms with Gasteiger partial charge in [0.2, 0.25) is 0 Å². The number of carbonyl (C=O) groups is 1. The zero-order valence-electron chi connectivity index (χ0n) is 8.05. The van der Waals surface area contributed by atoms with Gasteiger partial charge >= 0.3 is 5.97 Å². The van der Waals surface area contributed by atoms with E-state index in [1.807, 2.05) is 0 Å². The Morgan fingerprint density at radius 3 is 2.47 bits per heavy atom. The first-order chi connectivity index (χ1) is 6.91. The summed E-state index contributed by atoms with van der Waals surface area (Å²) in [5.41, 5.74) is 0.0445. The van der Waals surface area contributed by atoms with Gasteiger partial charge in [0.1, 0.15) is 5.15 Å². The molecule has 0 aromatic carbocycles. The summed E-state index contributed by atoms with van der Waals surface area (Å²) in [5.74, 6) is -0.578. The van der Waals surface area contributed by atoms with Crippen molar-refractivity contribution in [2.75, 3.05) is 0 Å². The summed E-state index contributed by atoms with van der Waals surface area (Å²) in [7, 11) is 0. The number of rotatable bonds is 2. The van der Waals surface area contributed by atoms with E-state index in [4.69, 9.17) is 39.5 Å². The summed E-state index contributed by atoms with van der Waals surface area (Å²) in [4.78, 5) is 15.2. The third-order valence-corrected chi connectivity index (χ3v) is 2.57. The molecule has 0 aliphatic rings. The van der Waals surface area contributed by atoms with Gasteiger partial charge in [0.05, 0.1) is 16.1 Å². The molecule has 3 nitrogen and oxygen atoms in total. The monoisotopic (exact) mass is 267 g/mol. The van der Waals surface area contributed by atoms with Crippen molar-refractivity contribution in [1.29, 1.82) is 0 Å². The molecule has 6 heteroatoms. The van der Waals surface area contributed by atoms with Crippen molar-refractivity contribution < 1.29 is 9.53 Å². The molecule has 0 aliphatic carbocycles. The van der Waals surface area contributed by atoms with Crippen LogP contribution in [0.1, 0.15) is 24.3 Å². The van der Waals surface area contributed by atoms with Gasteiger partial charge in [0, 0.05) is 0 Å². The summed E-state index contributed by atoms with van der Waals surface area (Å²) in [6, 6.07) is 1.32. The highest BCUT2D eigenvalue weighted by Gasteiger charge is 2.15. The average Bonchev–Trinajstić information content (AvgIpc) is 2.12. The Hall–Kier alpha value is -0.510. The lowest BCUT2D eigenvalue weighted by Gasteiger charge is -2.08. The Morgan fingerprint density at radius 2 is 2.00 bits per heavy atom. The van der Waals surface area contributed by atoms with Crippen molar-refractivity contribution in [2.24, 2.45) is 0 Å². The fraction of sp³-hybridized carbons (Fsp3) is 0.333. The number of halogens is 3. The highest BCUT2D eigenvalue weighted by Crippen LogP contribution is 2.28. The first kappa shape index (κ1) is 12.6. The van der Waals surface area contributed by atoms with Crippen molar-refractivity contribution in [1.82, 2.24) is 4.98 Å². The number of aromatic nitrogens is 1. The van der Waals surface area contributed by atoms with E-state index in [1.54, 1.807) is 13.8 Å². The number of ether oxygens (including phenoxy) is 1. The SMILES string of the molecule is CC(C)OC(=O)c1cc(Cl)c(Cl)c(Cl)n1. The van der Waals surface area contributed by atoms with Gasteiger partial charge in [-0.1, -0.05) is 34.8 Å². The number of esters is 1. The molecule has 1 rings (SSSR count). The van der Waals surface area contributed by atoms with Crippen LogP contribution in [0.15, 0.2) is 6.07 Å². The molecule has 0 radical (unpaired) electrons. The Balaban J connectivity index is 3.01. The van der Waals surface area contributed by atoms with Crippen LogP contribution in [-0.2, 0) is 4.74 Å². The highest BCUT2D eigenvalue weighted by molar-refractivity contribution is 6.47. The normalized spacial score (nSPS) is 10.5. The summed E-state index contributed by atoms with van der Waals surface area (Å²) < 4.78 is 4.92. The van der Waals surface area contributed by atoms with Gasteiger partial charge in [0.15, 0.2) is 5.69 Å². The lowest BCUT2D eigenvalue weighted by atomic mass is 10.3. The van der Waals surface area contributed by atoms with Crippen molar-refractivity contribution in [3.63, 3.8) is 0 Å². The van der Waals surface area contributed by atoms with E-state index >= 15 is 0 Å². The van der Waals surface area contributed by atoms with Crippen LogP contribution >= 0.6 is 34.8 Å². The van der Waals surface area contributed by atoms with Crippen LogP contribution in [0.2, 0.25) is 15.2 Å². The van der Waals surface area contributed by atoms with Gasteiger partial charge in [-0.25, -0.2) is 9.78 Å². The summed E-state index contributed by atoms with van der Waals surface area (Å²) >= 11 is 17.1. The molecule has 15 heavy (non-hydrogen) atoms. The largest absolute Gasteiger partial charge is 0.458 e. The minimum atomic E-state index is -0.578. The van der Waals surface area contributed by atoms with Crippen molar-refractivity contribution in [3.05, 3.63) is 27.0 Å². The number of pyridine rings is 1. The lowest BCUT2D eigenvalue weighted by Crippen LogP contribution is -2.13. The van der Waals surface area contributed by atoms with Gasteiger partial charge in [0.25, 0.3) is 0 Å². The molecule has 0 saturated heterocycles. The second kappa shape index (κ2) is 5.01. The van der Waals surface area contributed by atoms with Crippen LogP contribution in [0.5, 0.6) is 0 Å². The molecule has 1 aromatic rings. The smallest absolute Gasteiger partial charge is 0.357 e. The van der Waals surface area contributed by atoms with Crippen LogP contribution in [0.4, 0.5) is 0 Å². The molecule has 1 aromatic heterocycles. The van der Waals surface area contributed by atoms with Gasteiger partial charge in [-0.05, 0) is 19.9 Å². The molecule has 0 atom stereocenters. The van der Waals surface area contributed by atoms with Crippen LogP contribution in [0.25, 0.3) is 0 Å². The highest BCUT2D eigenvalue weighted by atomic mass is 35.5. The number of nitrogens with zero attached hydrogens (tertiary/aromatic N) is 1. The van der Waals surface area contributed by atoms with Crippen LogP contribution in [0, 0.1) is 0 Å². The van der Waals surface area contributed by atoms with E-state index in [1.165, 1.54) is 6.07 Å². The summed E-state index contributed by atoms with van der Waals surface area (Å²) in [6.07, 6.45) is -0.229. The molecular formula is C9H8Cl3NO2. The predicted molar refractivity (Wildman–Crippen MR) is 59.8 cm³/mol. The molecule has 0 amide bonds. The fourth-order valence-electron chi connectivity index (χ4n) is 0.848. The van der Waals surface area contributed by atoms with E-state index in [9.17, 15) is 4.79 Å². The van der Waals surface area contributed by atoms with Crippen LogP contribution in [-0.4, -0.2) is 17.1 Å². The molecule has 0 fully saturated rings. The molecule has 0 unspecified atom stereocenters. The third-order valence-electron chi connectivity index (χ3n) is 1.42. The minimum absolute atomic E-state index is 0.0140. The molecular weight excluding hydrogens is 260 g/mol. The zero-order valence-corrected chi connectivity index (χ0v) is 10.3. The molecule has 0 N–H and O–H groups in total. The van der Waals surface area contributed by atoms with E-state index < -0.39 is 5.97 Å². The quantitative estimate of drug-likeness (QED) is 0.607. The van der Waals surface area contributed by atoms with Crippen molar-refractivity contribution in [2.45, 2.75) is 20.0 Å². The Morgan fingerprint density at radius 1 is 1.40 bits per heavy atom. The second-order valence-corrected chi connectivity index (χ2v) is 4.19. The average molecular weight is 269 g/mol. The first-order valence-corrected chi connectivity index (χ1v) is 5.27. The van der Waals surface area contributed by atoms with Crippen molar-refractivity contribution in [3.8, 4) is 0 Å². The van der Waals surface area contributed by atoms with Gasteiger partial charge in [-0.2, -0.15) is 0 Å². The van der Waals surface area contributed by atoms with Crippen LogP contribution in [0.3, 0.4) is 0 Å². The number of carbonyl (C=O) groups excluding carboxylic acids is 1. The summed E-state index contributed by atoms with van der Waals surface area (Å²) in [6.45, 7) is 3.47. The topological polar surface area (TPSA) is 39.2 Å². The molecule has 0 aliphatic heterocycles. The summed E-state index contributed by atoms with van der Waals surface area (Å²) in [5, 5.41) is 0.284. The lowest BCUT2D eigenvalue weighted by molar-refractivity contribution is 0.0371. The molecule has 0 bridgehead atoms. The van der Waals surface area contributed by atoms with Crippen LogP contribution < -0.4 is 0 Å². The standard InChI is InChI=1S/C9H8Cl3NO2/c1-4(2)15-9(14)6-3-5(10)7(11)8(12)13-6/h3-4H,1-2H3. The Kier molecular flexibility index (Phi) is 4.20. The third kappa shape index (κ3) is 3.23. The van der Waals surface area contributed by atoms with Gasteiger partial charge < -0.3 is 4.74 Å². The minimum Gasteiger partial charge on any atom is -0.458 e. The molecule has 1 heterocycles. The second-order valence-electron chi connectivity index (χ2n) is 3.05. The maximum atomic E-state index is 11.4. The predicted octanol–water partition coefficient (Wildman–Crippen LogP) is 3.61. The van der Waals surface area contributed by atoms with E-state index in [0.29, 0.717) is 0 Å². The van der Waals surface area contributed by atoms with E-state index in [2.05, 4.69) is 4.98 Å². The fourth-order valence-corrected chi connectivity index (χ4v) is 1.38. The first-order valence-electron chi connectivity index (χ1n) is 4.14. The molecule has 82 valence electrons. The number of hydrogen-bond acceptors (Lipinski definition) is 3. The maximum absolute atomic E-state index is 11.4. The van der Waals surface area contributed by atoms with Gasteiger partial charge in [-0.15, -0.1) is 0 Å². The Labute approximate surface area is 102 Å². The van der Waals surface area contributed by atoms with E-state index in [0.717, 1.165) is 0 Å². The number of hydrogen-bond donors (Lipinski definition) is 0.